The zero-order chi connectivity index (χ0) is 10.6. The molecule has 76 valence electrons. The summed E-state index contributed by atoms with van der Waals surface area (Å²) in [6.07, 6.45) is 0.744. The van der Waals surface area contributed by atoms with Gasteiger partial charge in [0.05, 0.1) is 6.04 Å². The second-order valence-electron chi connectivity index (χ2n) is 3.23. The normalized spacial score (nSPS) is 12.9. The van der Waals surface area contributed by atoms with Crippen molar-refractivity contribution in [3.8, 4) is 0 Å². The van der Waals surface area contributed by atoms with Gasteiger partial charge in [-0.15, -0.1) is 0 Å². The molecule has 0 bridgehead atoms. The third-order valence-corrected chi connectivity index (χ3v) is 2.07. The van der Waals surface area contributed by atoms with Gasteiger partial charge in [0, 0.05) is 0 Å². The predicted molar refractivity (Wildman–Crippen MR) is 56.4 cm³/mol. The number of aliphatic hydroxyl groups is 2. The number of rotatable bonds is 4. The molecule has 14 heavy (non-hydrogen) atoms. The van der Waals surface area contributed by atoms with Crippen LogP contribution in [0.3, 0.4) is 0 Å². The molecule has 0 aliphatic heterocycles. The summed E-state index contributed by atoms with van der Waals surface area (Å²) < 4.78 is 0. The van der Waals surface area contributed by atoms with E-state index >= 15 is 0 Å². The Kier molecular flexibility index (Phi) is 3.83. The van der Waals surface area contributed by atoms with Crippen LogP contribution in [-0.2, 0) is 6.42 Å². The van der Waals surface area contributed by atoms with Gasteiger partial charge in [0.1, 0.15) is 0 Å². The number of hydrogen-bond donors (Lipinski definition) is 3. The minimum absolute atomic E-state index is 0.453. The third kappa shape index (κ3) is 2.96. The maximum Gasteiger partial charge on any atom is 0.167 e. The van der Waals surface area contributed by atoms with Crippen molar-refractivity contribution in [3.05, 3.63) is 42.0 Å². The second kappa shape index (κ2) is 4.91. The molecule has 0 saturated carbocycles. The van der Waals surface area contributed by atoms with Gasteiger partial charge in [0.25, 0.3) is 0 Å². The Morgan fingerprint density at radius 1 is 1.29 bits per heavy atom. The molecule has 1 rings (SSSR count). The van der Waals surface area contributed by atoms with Gasteiger partial charge in [-0.1, -0.05) is 36.9 Å². The molecule has 1 unspecified atom stereocenters. The van der Waals surface area contributed by atoms with Crippen LogP contribution in [0, 0.1) is 0 Å². The molecule has 0 radical (unpaired) electrons. The molecular formula is C11H15NO2. The Balaban J connectivity index is 2.64. The Hall–Kier alpha value is -1.16. The van der Waals surface area contributed by atoms with E-state index in [-0.39, 0.29) is 0 Å². The van der Waals surface area contributed by atoms with Crippen LogP contribution >= 0.6 is 0 Å². The zero-order valence-electron chi connectivity index (χ0n) is 7.93. The van der Waals surface area contributed by atoms with E-state index in [1.54, 1.807) is 6.08 Å². The Morgan fingerprint density at radius 2 is 1.86 bits per heavy atom. The molecule has 0 amide bonds. The van der Waals surface area contributed by atoms with E-state index in [9.17, 15) is 0 Å². The summed E-state index contributed by atoms with van der Waals surface area (Å²) in [6.45, 7) is 3.65. The monoisotopic (exact) mass is 193 g/mol. The SMILES string of the molecule is C=Cc1ccc(CC(N)C(O)O)cc1. The van der Waals surface area contributed by atoms with E-state index in [0.717, 1.165) is 11.1 Å². The number of nitrogens with two attached hydrogens (primary N) is 1. The van der Waals surface area contributed by atoms with Crippen molar-refractivity contribution >= 4 is 6.08 Å². The third-order valence-electron chi connectivity index (χ3n) is 2.07. The molecule has 0 aliphatic rings. The van der Waals surface area contributed by atoms with Crippen LogP contribution in [0.15, 0.2) is 30.8 Å². The highest BCUT2D eigenvalue weighted by Gasteiger charge is 2.11. The average Bonchev–Trinajstić information content (AvgIpc) is 2.19. The first kappa shape index (κ1) is 10.9. The largest absolute Gasteiger partial charge is 0.367 e. The first-order valence-electron chi connectivity index (χ1n) is 4.46. The topological polar surface area (TPSA) is 66.5 Å². The fraction of sp³-hybridized carbons (Fsp3) is 0.273. The molecule has 1 atom stereocenters. The first-order valence-corrected chi connectivity index (χ1v) is 4.46. The van der Waals surface area contributed by atoms with Crippen molar-refractivity contribution in [2.24, 2.45) is 5.73 Å². The van der Waals surface area contributed by atoms with E-state index in [4.69, 9.17) is 15.9 Å². The van der Waals surface area contributed by atoms with Crippen molar-refractivity contribution < 1.29 is 10.2 Å². The van der Waals surface area contributed by atoms with Gasteiger partial charge < -0.3 is 15.9 Å². The van der Waals surface area contributed by atoms with E-state index in [1.165, 1.54) is 0 Å². The fourth-order valence-corrected chi connectivity index (χ4v) is 1.17. The molecular weight excluding hydrogens is 178 g/mol. The Bertz CT molecular complexity index is 293. The summed E-state index contributed by atoms with van der Waals surface area (Å²) >= 11 is 0. The molecule has 3 heteroatoms. The zero-order valence-corrected chi connectivity index (χ0v) is 7.93. The first-order chi connectivity index (χ1) is 6.63. The summed E-state index contributed by atoms with van der Waals surface area (Å²) in [5.41, 5.74) is 7.52. The van der Waals surface area contributed by atoms with Gasteiger partial charge >= 0.3 is 0 Å². The lowest BCUT2D eigenvalue weighted by atomic mass is 10.0. The molecule has 4 N–H and O–H groups in total. The standard InChI is InChI=1S/C11H15NO2/c1-2-8-3-5-9(6-4-8)7-10(12)11(13)14/h2-6,10-11,13-14H,1,7,12H2. The van der Waals surface area contributed by atoms with E-state index in [1.807, 2.05) is 24.3 Å². The fourth-order valence-electron chi connectivity index (χ4n) is 1.17. The summed E-state index contributed by atoms with van der Waals surface area (Å²) in [5, 5.41) is 17.6. The van der Waals surface area contributed by atoms with Gasteiger partial charge in [0.15, 0.2) is 6.29 Å². The molecule has 0 aliphatic carbocycles. The van der Waals surface area contributed by atoms with Crippen molar-refractivity contribution in [1.82, 2.24) is 0 Å². The highest BCUT2D eigenvalue weighted by atomic mass is 16.5. The lowest BCUT2D eigenvalue weighted by Crippen LogP contribution is -2.36. The van der Waals surface area contributed by atoms with Gasteiger partial charge in [-0.2, -0.15) is 0 Å². The van der Waals surface area contributed by atoms with Crippen LogP contribution < -0.4 is 5.73 Å². The van der Waals surface area contributed by atoms with Crippen LogP contribution in [0.5, 0.6) is 0 Å². The summed E-state index contributed by atoms with van der Waals surface area (Å²) in [6, 6.07) is 7.00. The lowest BCUT2D eigenvalue weighted by molar-refractivity contribution is -0.0577. The predicted octanol–water partition coefficient (Wildman–Crippen LogP) is 0.510. The van der Waals surface area contributed by atoms with Crippen molar-refractivity contribution in [1.29, 1.82) is 0 Å². The van der Waals surface area contributed by atoms with Gasteiger partial charge in [0.2, 0.25) is 0 Å². The van der Waals surface area contributed by atoms with Crippen LogP contribution in [0.1, 0.15) is 11.1 Å². The lowest BCUT2D eigenvalue weighted by Gasteiger charge is -2.13. The van der Waals surface area contributed by atoms with Crippen LogP contribution in [0.25, 0.3) is 6.08 Å². The van der Waals surface area contributed by atoms with Crippen molar-refractivity contribution in [2.75, 3.05) is 0 Å². The molecule has 3 nitrogen and oxygen atoms in total. The van der Waals surface area contributed by atoms with Crippen LogP contribution in [0.4, 0.5) is 0 Å². The smallest absolute Gasteiger partial charge is 0.167 e. The molecule has 0 heterocycles. The average molecular weight is 193 g/mol. The van der Waals surface area contributed by atoms with Crippen molar-refractivity contribution in [2.45, 2.75) is 18.8 Å². The minimum Gasteiger partial charge on any atom is -0.367 e. The molecule has 0 aromatic heterocycles. The number of benzene rings is 1. The highest BCUT2D eigenvalue weighted by Crippen LogP contribution is 2.07. The summed E-state index contributed by atoms with van der Waals surface area (Å²) in [7, 11) is 0. The summed E-state index contributed by atoms with van der Waals surface area (Å²) in [4.78, 5) is 0. The van der Waals surface area contributed by atoms with E-state index < -0.39 is 12.3 Å². The summed E-state index contributed by atoms with van der Waals surface area (Å²) in [5.74, 6) is 0. The van der Waals surface area contributed by atoms with Crippen LogP contribution in [0.2, 0.25) is 0 Å². The maximum atomic E-state index is 8.80. The minimum atomic E-state index is -1.46. The van der Waals surface area contributed by atoms with Crippen LogP contribution in [-0.4, -0.2) is 22.5 Å². The second-order valence-corrected chi connectivity index (χ2v) is 3.23. The van der Waals surface area contributed by atoms with E-state index in [2.05, 4.69) is 6.58 Å². The molecule has 1 aromatic carbocycles. The number of aliphatic hydroxyl groups excluding tert-OH is 1. The van der Waals surface area contributed by atoms with Gasteiger partial charge in [-0.05, 0) is 17.5 Å². The quantitative estimate of drug-likeness (QED) is 0.610. The molecule has 1 aromatic rings. The molecule has 0 saturated heterocycles. The van der Waals surface area contributed by atoms with E-state index in [0.29, 0.717) is 6.42 Å². The van der Waals surface area contributed by atoms with Gasteiger partial charge in [-0.3, -0.25) is 0 Å². The Morgan fingerprint density at radius 3 is 2.29 bits per heavy atom. The molecule has 0 spiro atoms. The maximum absolute atomic E-state index is 8.80. The molecule has 0 fully saturated rings. The van der Waals surface area contributed by atoms with Crippen molar-refractivity contribution in [3.63, 3.8) is 0 Å². The highest BCUT2D eigenvalue weighted by molar-refractivity contribution is 5.47. The Labute approximate surface area is 83.5 Å². The number of hydrogen-bond acceptors (Lipinski definition) is 3. The van der Waals surface area contributed by atoms with Gasteiger partial charge in [-0.25, -0.2) is 0 Å².